The fraction of sp³-hybridized carbons (Fsp3) is 0.381. The van der Waals surface area contributed by atoms with E-state index in [0.717, 1.165) is 40.5 Å². The van der Waals surface area contributed by atoms with E-state index in [0.29, 0.717) is 31.8 Å². The Bertz CT molecular complexity index is 1140. The third-order valence-corrected chi connectivity index (χ3v) is 6.28. The number of sulfonamides is 1. The lowest BCUT2D eigenvalue weighted by Crippen LogP contribution is -2.51. The topological polar surface area (TPSA) is 99.2 Å². The van der Waals surface area contributed by atoms with E-state index in [2.05, 4.69) is 9.62 Å². The number of ether oxygens (including phenoxy) is 1. The van der Waals surface area contributed by atoms with Gasteiger partial charge in [-0.2, -0.15) is 0 Å². The molecular weight excluding hydrogens is 444 g/mol. The second kappa shape index (κ2) is 8.64. The van der Waals surface area contributed by atoms with Crippen LogP contribution in [0.5, 0.6) is 0 Å². The van der Waals surface area contributed by atoms with Crippen LogP contribution in [0.2, 0.25) is 0 Å². The molecule has 2 N–H and O–H groups in total. The van der Waals surface area contributed by atoms with Crippen LogP contribution in [0.3, 0.4) is 0 Å². The maximum Gasteiger partial charge on any atom is 0.412 e. The van der Waals surface area contributed by atoms with Crippen LogP contribution in [-0.4, -0.2) is 56.1 Å². The van der Waals surface area contributed by atoms with Crippen molar-refractivity contribution in [3.63, 3.8) is 0 Å². The smallest absolute Gasteiger partial charge is 0.412 e. The molecule has 2 aliphatic rings. The predicted octanol–water partition coefficient (Wildman–Crippen LogP) is 2.99. The Kier molecular flexibility index (Phi) is 6.06. The zero-order valence-electron chi connectivity index (χ0n) is 17.3. The van der Waals surface area contributed by atoms with E-state index in [1.165, 1.54) is 0 Å². The third-order valence-electron chi connectivity index (χ3n) is 5.68. The van der Waals surface area contributed by atoms with Crippen molar-refractivity contribution < 1.29 is 31.8 Å². The Hall–Kier alpha value is -2.76. The molecule has 0 radical (unpaired) electrons. The van der Waals surface area contributed by atoms with Crippen molar-refractivity contribution in [1.82, 2.24) is 4.90 Å². The van der Waals surface area contributed by atoms with Gasteiger partial charge in [-0.25, -0.2) is 22.0 Å². The molecule has 0 aliphatic carbocycles. The molecule has 8 nitrogen and oxygen atoms in total. The van der Waals surface area contributed by atoms with Crippen LogP contribution in [0, 0.1) is 11.6 Å². The van der Waals surface area contributed by atoms with Gasteiger partial charge in [-0.15, -0.1) is 0 Å². The van der Waals surface area contributed by atoms with Crippen LogP contribution in [0.25, 0.3) is 0 Å². The lowest BCUT2D eigenvalue weighted by atomic mass is 10.0. The van der Waals surface area contributed by atoms with E-state index in [1.54, 1.807) is 12.1 Å². The molecular formula is C21H23F2N3O5S. The van der Waals surface area contributed by atoms with Crippen molar-refractivity contribution in [1.29, 1.82) is 0 Å². The summed E-state index contributed by atoms with van der Waals surface area (Å²) in [5.74, 6) is -1.55. The number of nitrogens with zero attached hydrogens (tertiary/aromatic N) is 2. The first kappa shape index (κ1) is 22.4. The van der Waals surface area contributed by atoms with E-state index in [-0.39, 0.29) is 18.3 Å². The molecule has 0 bridgehead atoms. The van der Waals surface area contributed by atoms with Crippen molar-refractivity contribution in [2.45, 2.75) is 31.6 Å². The highest BCUT2D eigenvalue weighted by atomic mass is 32.2. The summed E-state index contributed by atoms with van der Waals surface area (Å²) in [7, 11) is -3.39. The number of anilines is 2. The normalized spacial score (nSPS) is 21.2. The minimum Gasteiger partial charge on any atom is -0.465 e. The number of hydrogen-bond acceptors (Lipinski definition) is 5. The molecule has 1 saturated heterocycles. The number of carboxylic acid groups (broad SMARTS) is 1. The highest BCUT2D eigenvalue weighted by Gasteiger charge is 2.36. The second-order valence-corrected chi connectivity index (χ2v) is 9.84. The average molecular weight is 467 g/mol. The monoisotopic (exact) mass is 467 g/mol. The van der Waals surface area contributed by atoms with Crippen molar-refractivity contribution in [2.75, 3.05) is 29.1 Å². The fourth-order valence-electron chi connectivity index (χ4n) is 4.31. The zero-order chi connectivity index (χ0) is 23.0. The maximum atomic E-state index is 14.3. The molecule has 2 aliphatic heterocycles. The fourth-order valence-corrected chi connectivity index (χ4v) is 4.86. The SMILES string of the molecule is CS(=O)(=O)Nc1ccc2c(c1)CN([C@H]1COC[C@@H](N(C(=O)O)c3cc(F)ccc3F)C1)C2. The van der Waals surface area contributed by atoms with Crippen LogP contribution in [0.4, 0.5) is 25.0 Å². The molecule has 11 heteroatoms. The predicted molar refractivity (Wildman–Crippen MR) is 114 cm³/mol. The highest BCUT2D eigenvalue weighted by molar-refractivity contribution is 7.92. The number of hydrogen-bond donors (Lipinski definition) is 2. The summed E-state index contributed by atoms with van der Waals surface area (Å²) in [5.41, 5.74) is 2.14. The minimum atomic E-state index is -3.39. The van der Waals surface area contributed by atoms with Crippen LogP contribution < -0.4 is 9.62 Å². The van der Waals surface area contributed by atoms with Gasteiger partial charge in [0.05, 0.1) is 31.2 Å². The van der Waals surface area contributed by atoms with Crippen molar-refractivity contribution >= 4 is 27.5 Å². The average Bonchev–Trinajstić information content (AvgIpc) is 3.13. The van der Waals surface area contributed by atoms with Gasteiger partial charge < -0.3 is 9.84 Å². The molecule has 1 amide bonds. The molecule has 0 unspecified atom stereocenters. The van der Waals surface area contributed by atoms with Crippen LogP contribution >= 0.6 is 0 Å². The number of rotatable bonds is 5. The summed E-state index contributed by atoms with van der Waals surface area (Å²) >= 11 is 0. The van der Waals surface area contributed by atoms with Crippen LogP contribution in [0.15, 0.2) is 36.4 Å². The number of fused-ring (bicyclic) bond motifs is 1. The van der Waals surface area contributed by atoms with Gasteiger partial charge in [0.15, 0.2) is 0 Å². The number of benzene rings is 2. The largest absolute Gasteiger partial charge is 0.465 e. The van der Waals surface area contributed by atoms with Gasteiger partial charge in [0.2, 0.25) is 10.0 Å². The van der Waals surface area contributed by atoms with Gasteiger partial charge in [0.1, 0.15) is 11.6 Å². The first-order valence-corrected chi connectivity index (χ1v) is 11.9. The first-order chi connectivity index (χ1) is 15.1. The molecule has 32 heavy (non-hydrogen) atoms. The molecule has 2 aromatic rings. The Labute approximate surface area is 184 Å². The number of halogens is 2. The zero-order valence-corrected chi connectivity index (χ0v) is 18.1. The highest BCUT2D eigenvalue weighted by Crippen LogP contribution is 2.32. The summed E-state index contributed by atoms with van der Waals surface area (Å²) in [6.45, 7) is 1.58. The summed E-state index contributed by atoms with van der Waals surface area (Å²) in [5, 5.41) is 9.72. The Morgan fingerprint density at radius 1 is 1.16 bits per heavy atom. The molecule has 1 fully saturated rings. The van der Waals surface area contributed by atoms with Crippen molar-refractivity contribution in [3.05, 3.63) is 59.2 Å². The second-order valence-electron chi connectivity index (χ2n) is 8.09. The van der Waals surface area contributed by atoms with E-state index in [4.69, 9.17) is 4.74 Å². The van der Waals surface area contributed by atoms with Gasteiger partial charge in [-0.1, -0.05) is 6.07 Å². The quantitative estimate of drug-likeness (QED) is 0.702. The van der Waals surface area contributed by atoms with Crippen molar-refractivity contribution in [3.8, 4) is 0 Å². The summed E-state index contributed by atoms with van der Waals surface area (Å²) in [6.07, 6.45) is 0.0803. The first-order valence-electron chi connectivity index (χ1n) is 9.99. The Balaban J connectivity index is 1.51. The molecule has 0 saturated carbocycles. The summed E-state index contributed by atoms with van der Waals surface area (Å²) in [6, 6.07) is 7.21. The van der Waals surface area contributed by atoms with Crippen LogP contribution in [-0.2, 0) is 27.8 Å². The van der Waals surface area contributed by atoms with Crippen LogP contribution in [0.1, 0.15) is 17.5 Å². The molecule has 2 atom stereocenters. The summed E-state index contributed by atoms with van der Waals surface area (Å²) < 4.78 is 59.1. The Morgan fingerprint density at radius 3 is 2.62 bits per heavy atom. The molecule has 0 aromatic heterocycles. The van der Waals surface area contributed by atoms with E-state index >= 15 is 0 Å². The van der Waals surface area contributed by atoms with Gasteiger partial charge in [-0.05, 0) is 41.8 Å². The van der Waals surface area contributed by atoms with E-state index < -0.39 is 33.8 Å². The standard InChI is InChI=1S/C21H23F2N3O5S/c1-32(29,30)24-16-4-2-13-9-25(10-14(13)6-16)17-8-18(12-31-11-17)26(21(27)28)20-7-15(22)3-5-19(20)23/h2-7,17-18,24H,8-12H2,1H3,(H,27,28)/t17-,18+/m1/s1. The third kappa shape index (κ3) is 4.84. The lowest BCUT2D eigenvalue weighted by Gasteiger charge is -2.39. The van der Waals surface area contributed by atoms with Gasteiger partial charge >= 0.3 is 6.09 Å². The molecule has 0 spiro atoms. The number of amides is 1. The lowest BCUT2D eigenvalue weighted by molar-refractivity contribution is 0.00401. The number of carbonyl (C=O) groups is 1. The molecule has 172 valence electrons. The van der Waals surface area contributed by atoms with Gasteiger partial charge in [0.25, 0.3) is 0 Å². The Morgan fingerprint density at radius 2 is 1.91 bits per heavy atom. The molecule has 4 rings (SSSR count). The van der Waals surface area contributed by atoms with E-state index in [1.807, 2.05) is 6.07 Å². The summed E-state index contributed by atoms with van der Waals surface area (Å²) in [4.78, 5) is 14.9. The minimum absolute atomic E-state index is 0.0714. The molecule has 2 aromatic carbocycles. The number of nitrogens with one attached hydrogen (secondary N) is 1. The van der Waals surface area contributed by atoms with Crippen molar-refractivity contribution in [2.24, 2.45) is 0 Å². The van der Waals surface area contributed by atoms with Gasteiger partial charge in [0, 0.05) is 30.9 Å². The maximum absolute atomic E-state index is 14.3. The van der Waals surface area contributed by atoms with Gasteiger partial charge in [-0.3, -0.25) is 14.5 Å². The molecule has 2 heterocycles. The van der Waals surface area contributed by atoms with E-state index in [9.17, 15) is 27.1 Å².